The van der Waals surface area contributed by atoms with Crippen LogP contribution in [-0.4, -0.2) is 43.0 Å². The van der Waals surface area contributed by atoms with Crippen LogP contribution in [0.3, 0.4) is 0 Å². The van der Waals surface area contributed by atoms with E-state index in [-0.39, 0.29) is 25.6 Å². The number of halogens is 1. The van der Waals surface area contributed by atoms with E-state index in [0.29, 0.717) is 16.0 Å². The number of carbonyl (C=O) groups is 2. The predicted molar refractivity (Wildman–Crippen MR) is 80.2 cm³/mol. The Bertz CT molecular complexity index is 603. The average Bonchev–Trinajstić information content (AvgIpc) is 2.95. The Morgan fingerprint density at radius 2 is 2.27 bits per heavy atom. The van der Waals surface area contributed by atoms with E-state index < -0.39 is 17.9 Å². The second kappa shape index (κ2) is 7.28. The van der Waals surface area contributed by atoms with Crippen LogP contribution in [0, 0.1) is 0 Å². The fraction of sp³-hybridized carbons (Fsp3) is 0.286. The molecule has 1 heterocycles. The Morgan fingerprint density at radius 1 is 1.50 bits per heavy atom. The molecule has 0 radical (unpaired) electrons. The number of rotatable bonds is 7. The molecule has 1 unspecified atom stereocenters. The Morgan fingerprint density at radius 3 is 2.95 bits per heavy atom. The van der Waals surface area contributed by atoms with Crippen LogP contribution >= 0.6 is 15.9 Å². The lowest BCUT2D eigenvalue weighted by atomic mass is 10.1. The van der Waals surface area contributed by atoms with Crippen molar-refractivity contribution >= 4 is 27.8 Å². The van der Waals surface area contributed by atoms with E-state index in [1.165, 1.54) is 18.2 Å². The summed E-state index contributed by atoms with van der Waals surface area (Å²) in [5.74, 6) is -0.791. The third-order valence-corrected chi connectivity index (χ3v) is 3.40. The molecule has 8 heteroatoms. The Labute approximate surface area is 135 Å². The molecule has 118 valence electrons. The summed E-state index contributed by atoms with van der Waals surface area (Å²) < 4.78 is 16.1. The minimum Gasteiger partial charge on any atom is -0.480 e. The number of ether oxygens (including phenoxy) is 3. The molecule has 2 N–H and O–H groups in total. The molecule has 1 aliphatic heterocycles. The van der Waals surface area contributed by atoms with Gasteiger partial charge in [-0.2, -0.15) is 0 Å². The summed E-state index contributed by atoms with van der Waals surface area (Å²) in [6.07, 6.45) is 1.50. The molecule has 0 bridgehead atoms. The number of fused-ring (bicyclic) bond motifs is 1. The third kappa shape index (κ3) is 3.77. The topological polar surface area (TPSA) is 94.1 Å². The zero-order valence-corrected chi connectivity index (χ0v) is 13.1. The van der Waals surface area contributed by atoms with Crippen molar-refractivity contribution in [2.45, 2.75) is 6.04 Å². The molecular weight excluding hydrogens is 358 g/mol. The maximum absolute atomic E-state index is 12.2. The first-order valence-corrected chi connectivity index (χ1v) is 7.13. The fourth-order valence-electron chi connectivity index (χ4n) is 1.78. The highest BCUT2D eigenvalue weighted by Crippen LogP contribution is 2.39. The van der Waals surface area contributed by atoms with E-state index in [4.69, 9.17) is 19.3 Å². The number of carboxylic acid groups (broad SMARTS) is 1. The number of carbonyl (C=O) groups excluding carboxylic acids is 1. The van der Waals surface area contributed by atoms with E-state index in [9.17, 15) is 9.59 Å². The molecule has 22 heavy (non-hydrogen) atoms. The van der Waals surface area contributed by atoms with Gasteiger partial charge in [-0.15, -0.1) is 6.58 Å². The smallest absolute Gasteiger partial charge is 0.328 e. The highest BCUT2D eigenvalue weighted by molar-refractivity contribution is 9.10. The van der Waals surface area contributed by atoms with Crippen LogP contribution in [0.15, 0.2) is 29.3 Å². The SMILES string of the molecule is C=CCOCC(NC(=O)c1cc(Br)c2c(c1)OCO2)C(=O)O. The first-order valence-electron chi connectivity index (χ1n) is 6.34. The second-order valence-corrected chi connectivity index (χ2v) is 5.24. The van der Waals surface area contributed by atoms with Crippen molar-refractivity contribution < 1.29 is 28.9 Å². The van der Waals surface area contributed by atoms with Crippen LogP contribution in [0.4, 0.5) is 0 Å². The Kier molecular flexibility index (Phi) is 5.40. The van der Waals surface area contributed by atoms with Crippen molar-refractivity contribution in [3.8, 4) is 11.5 Å². The van der Waals surface area contributed by atoms with Gasteiger partial charge in [-0.25, -0.2) is 4.79 Å². The molecule has 7 nitrogen and oxygen atoms in total. The number of amides is 1. The largest absolute Gasteiger partial charge is 0.480 e. The zero-order chi connectivity index (χ0) is 16.1. The molecule has 1 aromatic carbocycles. The van der Waals surface area contributed by atoms with Gasteiger partial charge in [0, 0.05) is 5.56 Å². The van der Waals surface area contributed by atoms with Gasteiger partial charge in [0.15, 0.2) is 17.5 Å². The molecule has 1 amide bonds. The lowest BCUT2D eigenvalue weighted by Gasteiger charge is -2.14. The lowest BCUT2D eigenvalue weighted by Crippen LogP contribution is -2.44. The highest BCUT2D eigenvalue weighted by Gasteiger charge is 2.24. The minimum absolute atomic E-state index is 0.0755. The summed E-state index contributed by atoms with van der Waals surface area (Å²) >= 11 is 3.28. The average molecular weight is 372 g/mol. The van der Waals surface area contributed by atoms with E-state index in [1.54, 1.807) is 0 Å². The van der Waals surface area contributed by atoms with Crippen LogP contribution in [0.5, 0.6) is 11.5 Å². The van der Waals surface area contributed by atoms with E-state index in [0.717, 1.165) is 0 Å². The molecular formula is C14H14BrNO6. The van der Waals surface area contributed by atoms with Gasteiger partial charge in [-0.3, -0.25) is 4.79 Å². The Balaban J connectivity index is 2.08. The monoisotopic (exact) mass is 371 g/mol. The van der Waals surface area contributed by atoms with Gasteiger partial charge < -0.3 is 24.6 Å². The molecule has 0 saturated heterocycles. The summed E-state index contributed by atoms with van der Waals surface area (Å²) in [5.41, 5.74) is 0.256. The normalized spacial score (nSPS) is 13.5. The van der Waals surface area contributed by atoms with Crippen molar-refractivity contribution in [2.24, 2.45) is 0 Å². The molecule has 0 aliphatic carbocycles. The van der Waals surface area contributed by atoms with E-state index >= 15 is 0 Å². The number of hydrogen-bond donors (Lipinski definition) is 2. The molecule has 1 atom stereocenters. The second-order valence-electron chi connectivity index (χ2n) is 4.38. The maximum Gasteiger partial charge on any atom is 0.328 e. The van der Waals surface area contributed by atoms with E-state index in [1.807, 2.05) is 0 Å². The summed E-state index contributed by atoms with van der Waals surface area (Å²) in [7, 11) is 0. The summed E-state index contributed by atoms with van der Waals surface area (Å²) in [5, 5.41) is 11.5. The van der Waals surface area contributed by atoms with Gasteiger partial charge in [0.05, 0.1) is 17.7 Å². The van der Waals surface area contributed by atoms with Crippen LogP contribution < -0.4 is 14.8 Å². The van der Waals surface area contributed by atoms with Crippen molar-refractivity contribution in [1.29, 1.82) is 0 Å². The number of benzene rings is 1. The number of hydrogen-bond acceptors (Lipinski definition) is 5. The summed E-state index contributed by atoms with van der Waals surface area (Å²) in [4.78, 5) is 23.3. The van der Waals surface area contributed by atoms with Crippen molar-refractivity contribution in [1.82, 2.24) is 5.32 Å². The van der Waals surface area contributed by atoms with Crippen LogP contribution in [0.25, 0.3) is 0 Å². The maximum atomic E-state index is 12.2. The summed E-state index contributed by atoms with van der Waals surface area (Å²) in [6.45, 7) is 3.59. The van der Waals surface area contributed by atoms with Gasteiger partial charge >= 0.3 is 5.97 Å². The summed E-state index contributed by atoms with van der Waals surface area (Å²) in [6, 6.07) is 1.87. The van der Waals surface area contributed by atoms with E-state index in [2.05, 4.69) is 27.8 Å². The first-order chi connectivity index (χ1) is 10.5. The molecule has 1 aromatic rings. The lowest BCUT2D eigenvalue weighted by molar-refractivity contribution is -0.140. The van der Waals surface area contributed by atoms with Crippen molar-refractivity contribution in [3.63, 3.8) is 0 Å². The van der Waals surface area contributed by atoms with Crippen LogP contribution in [0.2, 0.25) is 0 Å². The number of nitrogens with one attached hydrogen (secondary N) is 1. The van der Waals surface area contributed by atoms with Crippen LogP contribution in [0.1, 0.15) is 10.4 Å². The number of carboxylic acids is 1. The standard InChI is InChI=1S/C14H14BrNO6/c1-2-3-20-6-10(14(18)19)16-13(17)8-4-9(15)12-11(5-8)21-7-22-12/h2,4-5,10H,1,3,6-7H2,(H,16,17)(H,18,19). The van der Waals surface area contributed by atoms with Crippen LogP contribution in [-0.2, 0) is 9.53 Å². The first kappa shape index (κ1) is 16.3. The van der Waals surface area contributed by atoms with Gasteiger partial charge in [-0.1, -0.05) is 6.08 Å². The van der Waals surface area contributed by atoms with Gasteiger partial charge in [0.2, 0.25) is 6.79 Å². The quantitative estimate of drug-likeness (QED) is 0.557. The van der Waals surface area contributed by atoms with Crippen molar-refractivity contribution in [3.05, 3.63) is 34.8 Å². The van der Waals surface area contributed by atoms with Gasteiger partial charge in [0.25, 0.3) is 5.91 Å². The molecule has 0 aromatic heterocycles. The zero-order valence-electron chi connectivity index (χ0n) is 11.5. The minimum atomic E-state index is -1.18. The van der Waals surface area contributed by atoms with Gasteiger partial charge in [0.1, 0.15) is 0 Å². The Hall–Kier alpha value is -2.06. The third-order valence-electron chi connectivity index (χ3n) is 2.81. The molecule has 0 spiro atoms. The molecule has 1 aliphatic rings. The van der Waals surface area contributed by atoms with Crippen molar-refractivity contribution in [2.75, 3.05) is 20.0 Å². The fourth-order valence-corrected chi connectivity index (χ4v) is 2.34. The number of aliphatic carboxylic acids is 1. The highest BCUT2D eigenvalue weighted by atomic mass is 79.9. The molecule has 2 rings (SSSR count). The molecule has 0 saturated carbocycles. The predicted octanol–water partition coefficient (Wildman–Crippen LogP) is 1.56. The van der Waals surface area contributed by atoms with Gasteiger partial charge in [-0.05, 0) is 28.1 Å². The molecule has 0 fully saturated rings.